The number of nitrogens with zero attached hydrogens (tertiary/aromatic N) is 1. The molecule has 0 spiro atoms. The van der Waals surface area contributed by atoms with Crippen LogP contribution in [-0.2, 0) is 16.4 Å². The number of nitrogens with one attached hydrogen (secondary N) is 1. The molecule has 0 saturated heterocycles. The smallest absolute Gasteiger partial charge is 0.244 e. The van der Waals surface area contributed by atoms with E-state index in [0.717, 1.165) is 11.3 Å². The number of benzene rings is 2. The van der Waals surface area contributed by atoms with Crippen molar-refractivity contribution >= 4 is 27.3 Å². The summed E-state index contributed by atoms with van der Waals surface area (Å²) in [6.07, 6.45) is 0.593. The molecular weight excluding hydrogens is 348 g/mol. The van der Waals surface area contributed by atoms with Crippen LogP contribution in [0.25, 0.3) is 0 Å². The minimum absolute atomic E-state index is 0.0421. The highest BCUT2D eigenvalue weighted by atomic mass is 35.5. The molecule has 130 valence electrons. The number of sulfonamides is 1. The lowest BCUT2D eigenvalue weighted by molar-refractivity contribution is 0.402. The Kier molecular flexibility index (Phi) is 6.10. The Morgan fingerprint density at radius 1 is 1.12 bits per heavy atom. The van der Waals surface area contributed by atoms with E-state index in [1.165, 1.54) is 19.2 Å². The summed E-state index contributed by atoms with van der Waals surface area (Å²) >= 11 is 5.90. The van der Waals surface area contributed by atoms with Crippen LogP contribution in [-0.4, -0.2) is 36.2 Å². The summed E-state index contributed by atoms with van der Waals surface area (Å²) in [5.41, 5.74) is 2.16. The molecule has 0 aromatic heterocycles. The molecule has 2 rings (SSSR count). The van der Waals surface area contributed by atoms with Gasteiger partial charge in [0.1, 0.15) is 10.6 Å². The van der Waals surface area contributed by atoms with Crippen LogP contribution in [0.3, 0.4) is 0 Å². The van der Waals surface area contributed by atoms with Crippen LogP contribution in [0.5, 0.6) is 5.75 Å². The van der Waals surface area contributed by atoms with Gasteiger partial charge >= 0.3 is 0 Å². The van der Waals surface area contributed by atoms with Crippen molar-refractivity contribution in [3.63, 3.8) is 0 Å². The first-order chi connectivity index (χ1) is 11.3. The van der Waals surface area contributed by atoms with Gasteiger partial charge in [0.25, 0.3) is 0 Å². The molecule has 0 atom stereocenters. The predicted molar refractivity (Wildman–Crippen MR) is 97.7 cm³/mol. The largest absolute Gasteiger partial charge is 0.495 e. The zero-order chi connectivity index (χ0) is 17.7. The van der Waals surface area contributed by atoms with E-state index >= 15 is 0 Å². The summed E-state index contributed by atoms with van der Waals surface area (Å²) in [5.74, 6) is 0.266. The molecule has 0 fully saturated rings. The number of rotatable bonds is 7. The van der Waals surface area contributed by atoms with E-state index in [0.29, 0.717) is 18.0 Å². The van der Waals surface area contributed by atoms with Gasteiger partial charge in [-0.05, 0) is 42.3 Å². The third kappa shape index (κ3) is 4.63. The predicted octanol–water partition coefficient (Wildman–Crippen LogP) is 2.94. The van der Waals surface area contributed by atoms with E-state index in [-0.39, 0.29) is 10.6 Å². The number of hydrogen-bond donors (Lipinski definition) is 1. The van der Waals surface area contributed by atoms with Crippen LogP contribution in [0.15, 0.2) is 47.4 Å². The Bertz CT molecular complexity index is 790. The number of hydrogen-bond acceptors (Lipinski definition) is 4. The third-order valence-electron chi connectivity index (χ3n) is 3.57. The Balaban J connectivity index is 2.04. The minimum atomic E-state index is -3.68. The highest BCUT2D eigenvalue weighted by Crippen LogP contribution is 2.26. The van der Waals surface area contributed by atoms with Crippen molar-refractivity contribution in [3.05, 3.63) is 53.1 Å². The number of halogens is 1. The van der Waals surface area contributed by atoms with Gasteiger partial charge in [-0.2, -0.15) is 0 Å². The first-order valence-corrected chi connectivity index (χ1v) is 9.29. The Hall–Kier alpha value is -1.76. The zero-order valence-corrected chi connectivity index (χ0v) is 15.5. The van der Waals surface area contributed by atoms with Gasteiger partial charge in [0.05, 0.1) is 7.11 Å². The fourth-order valence-electron chi connectivity index (χ4n) is 2.23. The molecule has 0 amide bonds. The van der Waals surface area contributed by atoms with E-state index in [1.54, 1.807) is 6.07 Å². The lowest BCUT2D eigenvalue weighted by Crippen LogP contribution is -2.26. The van der Waals surface area contributed by atoms with Crippen LogP contribution < -0.4 is 14.4 Å². The highest BCUT2D eigenvalue weighted by Gasteiger charge is 2.19. The van der Waals surface area contributed by atoms with E-state index in [2.05, 4.69) is 4.72 Å². The zero-order valence-electron chi connectivity index (χ0n) is 13.9. The van der Waals surface area contributed by atoms with Crippen LogP contribution in [0.4, 0.5) is 5.69 Å². The molecule has 0 aliphatic heterocycles. The molecule has 0 saturated carbocycles. The van der Waals surface area contributed by atoms with E-state index in [1.807, 2.05) is 43.3 Å². The molecule has 0 aliphatic rings. The lowest BCUT2D eigenvalue weighted by atomic mass is 10.1. The van der Waals surface area contributed by atoms with Crippen LogP contribution in [0.2, 0.25) is 5.02 Å². The summed E-state index contributed by atoms with van der Waals surface area (Å²) in [6, 6.07) is 12.5. The highest BCUT2D eigenvalue weighted by molar-refractivity contribution is 7.89. The Morgan fingerprint density at radius 2 is 1.79 bits per heavy atom. The monoisotopic (exact) mass is 368 g/mol. The molecule has 0 bridgehead atoms. The van der Waals surface area contributed by atoms with Crippen molar-refractivity contribution in [2.24, 2.45) is 0 Å². The fourth-order valence-corrected chi connectivity index (χ4v) is 3.69. The second kappa shape index (κ2) is 7.88. The van der Waals surface area contributed by atoms with Gasteiger partial charge in [0.2, 0.25) is 10.0 Å². The van der Waals surface area contributed by atoms with E-state index < -0.39 is 10.0 Å². The van der Waals surface area contributed by atoms with Gasteiger partial charge in [0.15, 0.2) is 0 Å². The van der Waals surface area contributed by atoms with Crippen molar-refractivity contribution < 1.29 is 13.2 Å². The van der Waals surface area contributed by atoms with E-state index in [9.17, 15) is 8.42 Å². The quantitative estimate of drug-likeness (QED) is 0.816. The number of ether oxygens (including phenoxy) is 1. The summed E-state index contributed by atoms with van der Waals surface area (Å²) in [6.45, 7) is 0.291. The second-order valence-corrected chi connectivity index (χ2v) is 7.68. The van der Waals surface area contributed by atoms with Crippen molar-refractivity contribution in [2.75, 3.05) is 32.6 Å². The Labute approximate surface area is 148 Å². The normalized spacial score (nSPS) is 11.3. The number of methoxy groups -OCH3 is 1. The molecule has 24 heavy (non-hydrogen) atoms. The molecule has 0 radical (unpaired) electrons. The minimum Gasteiger partial charge on any atom is -0.495 e. The maximum absolute atomic E-state index is 12.4. The number of anilines is 1. The van der Waals surface area contributed by atoms with Crippen molar-refractivity contribution in [1.29, 1.82) is 0 Å². The fraction of sp³-hybridized carbons (Fsp3) is 0.294. The average molecular weight is 369 g/mol. The van der Waals surface area contributed by atoms with Gasteiger partial charge in [-0.15, -0.1) is 0 Å². The second-order valence-electron chi connectivity index (χ2n) is 5.50. The van der Waals surface area contributed by atoms with E-state index in [4.69, 9.17) is 16.3 Å². The molecule has 2 aromatic carbocycles. The average Bonchev–Trinajstić information content (AvgIpc) is 2.55. The van der Waals surface area contributed by atoms with Gasteiger partial charge in [0, 0.05) is 31.4 Å². The summed E-state index contributed by atoms with van der Waals surface area (Å²) < 4.78 is 32.6. The van der Waals surface area contributed by atoms with Gasteiger partial charge in [-0.25, -0.2) is 13.1 Å². The topological polar surface area (TPSA) is 58.6 Å². The van der Waals surface area contributed by atoms with Crippen LogP contribution in [0, 0.1) is 0 Å². The summed E-state index contributed by atoms with van der Waals surface area (Å²) in [7, 11) is 1.69. The molecule has 5 nitrogen and oxygen atoms in total. The molecule has 7 heteroatoms. The van der Waals surface area contributed by atoms with Gasteiger partial charge in [-0.3, -0.25) is 0 Å². The molecule has 2 aromatic rings. The van der Waals surface area contributed by atoms with Crippen LogP contribution >= 0.6 is 11.6 Å². The molecule has 0 unspecified atom stereocenters. The molecule has 1 N–H and O–H groups in total. The van der Waals surface area contributed by atoms with Gasteiger partial charge in [-0.1, -0.05) is 23.7 Å². The third-order valence-corrected chi connectivity index (χ3v) is 5.29. The molecule has 0 heterocycles. The SMILES string of the molecule is COc1ccc(Cl)cc1S(=O)(=O)NCCc1ccc(N(C)C)cc1. The molecule has 0 aliphatic carbocycles. The first-order valence-electron chi connectivity index (χ1n) is 7.43. The van der Waals surface area contributed by atoms with Crippen LogP contribution in [0.1, 0.15) is 5.56 Å². The Morgan fingerprint density at radius 3 is 2.38 bits per heavy atom. The first kappa shape index (κ1) is 18.6. The maximum atomic E-state index is 12.4. The standard InChI is InChI=1S/C17H21ClN2O3S/c1-20(2)15-7-4-13(5-8-15)10-11-19-24(21,22)17-12-14(18)6-9-16(17)23-3/h4-9,12,19H,10-11H2,1-3H3. The van der Waals surface area contributed by atoms with Crippen molar-refractivity contribution in [3.8, 4) is 5.75 Å². The summed E-state index contributed by atoms with van der Waals surface area (Å²) in [4.78, 5) is 2.05. The lowest BCUT2D eigenvalue weighted by Gasteiger charge is -2.13. The maximum Gasteiger partial charge on any atom is 0.244 e. The summed E-state index contributed by atoms with van der Waals surface area (Å²) in [5, 5.41) is 0.343. The molecular formula is C17H21ClN2O3S. The van der Waals surface area contributed by atoms with Crippen molar-refractivity contribution in [2.45, 2.75) is 11.3 Å². The van der Waals surface area contributed by atoms with Crippen molar-refractivity contribution in [1.82, 2.24) is 4.72 Å². The van der Waals surface area contributed by atoms with Gasteiger partial charge < -0.3 is 9.64 Å².